The minimum absolute atomic E-state index is 0. The highest BCUT2D eigenvalue weighted by Gasteiger charge is 2.28. The van der Waals surface area contributed by atoms with Crippen LogP contribution in [0, 0.1) is 0 Å². The van der Waals surface area contributed by atoms with Crippen molar-refractivity contribution in [2.24, 2.45) is 4.99 Å². The molecule has 2 N–H and O–H groups in total. The van der Waals surface area contributed by atoms with Crippen molar-refractivity contribution in [3.63, 3.8) is 0 Å². The summed E-state index contributed by atoms with van der Waals surface area (Å²) in [4.78, 5) is 6.38. The van der Waals surface area contributed by atoms with Crippen molar-refractivity contribution in [1.29, 1.82) is 0 Å². The van der Waals surface area contributed by atoms with E-state index in [9.17, 15) is 8.42 Å². The maximum Gasteiger partial charge on any atom is 0.191 e. The number of nitrogens with one attached hydrogen (secondary N) is 2. The van der Waals surface area contributed by atoms with E-state index in [-0.39, 0.29) is 47.6 Å². The maximum atomic E-state index is 11.5. The summed E-state index contributed by atoms with van der Waals surface area (Å²) in [5, 5.41) is 6.47. The van der Waals surface area contributed by atoms with Gasteiger partial charge >= 0.3 is 0 Å². The largest absolute Gasteiger partial charge is 0.370 e. The van der Waals surface area contributed by atoms with Crippen LogP contribution in [0.5, 0.6) is 0 Å². The molecule has 8 heteroatoms. The number of sulfone groups is 1. The van der Waals surface area contributed by atoms with Crippen LogP contribution in [0.2, 0.25) is 0 Å². The molecule has 136 valence electrons. The first kappa shape index (κ1) is 21.0. The third kappa shape index (κ3) is 6.12. The number of guanidine groups is 1. The van der Waals surface area contributed by atoms with E-state index in [0.717, 1.165) is 5.69 Å². The highest BCUT2D eigenvalue weighted by atomic mass is 127. The monoisotopic (exact) mass is 466 g/mol. The van der Waals surface area contributed by atoms with Gasteiger partial charge in [-0.15, -0.1) is 24.0 Å². The molecule has 1 aliphatic heterocycles. The second-order valence-corrected chi connectivity index (χ2v) is 8.22. The van der Waals surface area contributed by atoms with Gasteiger partial charge in [-0.2, -0.15) is 0 Å². The first-order chi connectivity index (χ1) is 10.9. The molecule has 1 saturated heterocycles. The van der Waals surface area contributed by atoms with Gasteiger partial charge in [-0.3, -0.25) is 4.99 Å². The van der Waals surface area contributed by atoms with Crippen molar-refractivity contribution in [2.45, 2.75) is 25.4 Å². The van der Waals surface area contributed by atoms with Crippen molar-refractivity contribution in [1.82, 2.24) is 10.6 Å². The molecule has 2 atom stereocenters. The van der Waals surface area contributed by atoms with Gasteiger partial charge in [0.25, 0.3) is 0 Å². The Hall–Kier alpha value is -1.03. The third-order valence-electron chi connectivity index (χ3n) is 4.19. The lowest BCUT2D eigenvalue weighted by Crippen LogP contribution is -2.48. The lowest BCUT2D eigenvalue weighted by Gasteiger charge is -2.28. The average Bonchev–Trinajstić information content (AvgIpc) is 2.89. The SMILES string of the molecule is CN=C(NCC(C)N(C)c1ccccc1)NC1CCS(=O)(=O)C1.I. The molecule has 0 aromatic heterocycles. The van der Waals surface area contributed by atoms with Crippen molar-refractivity contribution in [3.05, 3.63) is 30.3 Å². The lowest BCUT2D eigenvalue weighted by atomic mass is 10.2. The Balaban J connectivity index is 0.00000288. The number of para-hydroxylation sites is 1. The maximum absolute atomic E-state index is 11.5. The van der Waals surface area contributed by atoms with Crippen LogP contribution < -0.4 is 15.5 Å². The standard InChI is InChI=1S/C16H26N4O2S.HI/c1-13(20(3)15-7-5-4-6-8-15)11-18-16(17-2)19-14-9-10-23(21,22)12-14;/h4-8,13-14H,9-12H2,1-3H3,(H2,17,18,19);1H. The minimum Gasteiger partial charge on any atom is -0.370 e. The molecule has 1 aliphatic rings. The summed E-state index contributed by atoms with van der Waals surface area (Å²) in [6.07, 6.45) is 0.641. The molecular formula is C16H27IN4O2S. The fourth-order valence-electron chi connectivity index (χ4n) is 2.60. The molecule has 2 rings (SSSR count). The van der Waals surface area contributed by atoms with Crippen LogP contribution >= 0.6 is 24.0 Å². The van der Waals surface area contributed by atoms with Crippen LogP contribution in [0.4, 0.5) is 5.69 Å². The van der Waals surface area contributed by atoms with Crippen molar-refractivity contribution in [2.75, 3.05) is 37.0 Å². The molecular weight excluding hydrogens is 439 g/mol. The van der Waals surface area contributed by atoms with Crippen LogP contribution in [0.15, 0.2) is 35.3 Å². The Labute approximate surface area is 162 Å². The normalized spacial score (nSPS) is 20.8. The number of hydrogen-bond acceptors (Lipinski definition) is 4. The first-order valence-corrected chi connectivity index (χ1v) is 9.69. The molecule has 2 unspecified atom stereocenters. The fourth-order valence-corrected chi connectivity index (χ4v) is 4.27. The Morgan fingerprint density at radius 3 is 2.58 bits per heavy atom. The summed E-state index contributed by atoms with van der Waals surface area (Å²) in [5.74, 6) is 1.10. The number of benzene rings is 1. The van der Waals surface area contributed by atoms with Crippen molar-refractivity contribution >= 4 is 45.5 Å². The van der Waals surface area contributed by atoms with Crippen LogP contribution in [0.3, 0.4) is 0 Å². The molecule has 1 fully saturated rings. The zero-order chi connectivity index (χ0) is 16.9. The number of likely N-dealkylation sites (N-methyl/N-ethyl adjacent to an activating group) is 1. The van der Waals surface area contributed by atoms with E-state index in [1.54, 1.807) is 7.05 Å². The predicted octanol–water partition coefficient (Wildman–Crippen LogP) is 1.48. The summed E-state index contributed by atoms with van der Waals surface area (Å²) >= 11 is 0. The van der Waals surface area contributed by atoms with Gasteiger partial charge in [0.05, 0.1) is 11.5 Å². The van der Waals surface area contributed by atoms with E-state index >= 15 is 0 Å². The molecule has 1 aromatic carbocycles. The molecule has 0 aliphatic carbocycles. The summed E-state index contributed by atoms with van der Waals surface area (Å²) in [6.45, 7) is 2.85. The Bertz CT molecular complexity index is 637. The van der Waals surface area contributed by atoms with Gasteiger partial charge in [0, 0.05) is 38.4 Å². The van der Waals surface area contributed by atoms with Crippen LogP contribution in [-0.4, -0.2) is 58.6 Å². The van der Waals surface area contributed by atoms with E-state index in [0.29, 0.717) is 18.9 Å². The van der Waals surface area contributed by atoms with E-state index < -0.39 is 9.84 Å². The number of halogens is 1. The summed E-state index contributed by atoms with van der Waals surface area (Å²) < 4.78 is 23.0. The Morgan fingerprint density at radius 2 is 2.04 bits per heavy atom. The Kier molecular flexibility index (Phi) is 8.28. The van der Waals surface area contributed by atoms with Crippen LogP contribution in [0.1, 0.15) is 13.3 Å². The molecule has 1 heterocycles. The zero-order valence-corrected chi connectivity index (χ0v) is 17.5. The molecule has 0 spiro atoms. The molecule has 0 saturated carbocycles. The van der Waals surface area contributed by atoms with Crippen LogP contribution in [0.25, 0.3) is 0 Å². The van der Waals surface area contributed by atoms with Gasteiger partial charge in [-0.25, -0.2) is 8.42 Å². The number of aliphatic imine (C=N–C) groups is 1. The second kappa shape index (κ2) is 9.45. The van der Waals surface area contributed by atoms with Gasteiger partial charge in [0.1, 0.15) is 0 Å². The van der Waals surface area contributed by atoms with Crippen molar-refractivity contribution in [3.8, 4) is 0 Å². The third-order valence-corrected chi connectivity index (χ3v) is 5.95. The summed E-state index contributed by atoms with van der Waals surface area (Å²) in [6, 6.07) is 10.4. The predicted molar refractivity (Wildman–Crippen MR) is 111 cm³/mol. The second-order valence-electron chi connectivity index (χ2n) is 5.99. The summed E-state index contributed by atoms with van der Waals surface area (Å²) in [7, 11) is 0.872. The zero-order valence-electron chi connectivity index (χ0n) is 14.4. The highest BCUT2D eigenvalue weighted by Crippen LogP contribution is 2.14. The molecule has 24 heavy (non-hydrogen) atoms. The number of hydrogen-bond donors (Lipinski definition) is 2. The van der Waals surface area contributed by atoms with Gasteiger partial charge in [0.2, 0.25) is 0 Å². The van der Waals surface area contributed by atoms with Gasteiger partial charge in [0.15, 0.2) is 15.8 Å². The van der Waals surface area contributed by atoms with Gasteiger partial charge in [-0.1, -0.05) is 18.2 Å². The summed E-state index contributed by atoms with van der Waals surface area (Å²) in [5.41, 5.74) is 1.16. The minimum atomic E-state index is -2.88. The molecule has 1 aromatic rings. The molecule has 0 bridgehead atoms. The van der Waals surface area contributed by atoms with E-state index in [1.807, 2.05) is 18.2 Å². The first-order valence-electron chi connectivity index (χ1n) is 7.87. The number of anilines is 1. The quantitative estimate of drug-likeness (QED) is 0.391. The Morgan fingerprint density at radius 1 is 1.38 bits per heavy atom. The molecule has 0 radical (unpaired) electrons. The van der Waals surface area contributed by atoms with E-state index in [1.165, 1.54) is 0 Å². The van der Waals surface area contributed by atoms with Gasteiger partial charge < -0.3 is 15.5 Å². The van der Waals surface area contributed by atoms with Crippen molar-refractivity contribution < 1.29 is 8.42 Å². The van der Waals surface area contributed by atoms with E-state index in [2.05, 4.69) is 46.6 Å². The topological polar surface area (TPSA) is 73.8 Å². The van der Waals surface area contributed by atoms with E-state index in [4.69, 9.17) is 0 Å². The highest BCUT2D eigenvalue weighted by molar-refractivity contribution is 14.0. The van der Waals surface area contributed by atoms with Gasteiger partial charge in [-0.05, 0) is 25.5 Å². The number of rotatable bonds is 5. The number of nitrogens with zero attached hydrogens (tertiary/aromatic N) is 2. The fraction of sp³-hybridized carbons (Fsp3) is 0.562. The lowest BCUT2D eigenvalue weighted by molar-refractivity contribution is 0.598. The van der Waals surface area contributed by atoms with Crippen LogP contribution in [-0.2, 0) is 9.84 Å². The smallest absolute Gasteiger partial charge is 0.191 e. The average molecular weight is 466 g/mol. The molecule has 0 amide bonds. The molecule has 6 nitrogen and oxygen atoms in total.